The summed E-state index contributed by atoms with van der Waals surface area (Å²) in [6.45, 7) is 5.94. The predicted octanol–water partition coefficient (Wildman–Crippen LogP) is 4.18. The van der Waals surface area contributed by atoms with E-state index in [0.29, 0.717) is 25.7 Å². The highest BCUT2D eigenvalue weighted by molar-refractivity contribution is 5.85. The van der Waals surface area contributed by atoms with Crippen LogP contribution in [0.1, 0.15) is 59.8 Å². The van der Waals surface area contributed by atoms with Gasteiger partial charge in [0.2, 0.25) is 6.79 Å². The number of aromatic nitrogens is 5. The lowest BCUT2D eigenvalue weighted by molar-refractivity contribution is 0.174. The van der Waals surface area contributed by atoms with Gasteiger partial charge in [0.05, 0.1) is 18.1 Å². The lowest BCUT2D eigenvalue weighted by atomic mass is 10.0. The molecule has 4 aromatic rings. The van der Waals surface area contributed by atoms with E-state index in [0.717, 1.165) is 63.3 Å². The van der Waals surface area contributed by atoms with Gasteiger partial charge in [-0.25, -0.2) is 4.68 Å². The van der Waals surface area contributed by atoms with Crippen LogP contribution in [0.3, 0.4) is 0 Å². The summed E-state index contributed by atoms with van der Waals surface area (Å²) in [5, 5.41) is 13.8. The number of tetrazole rings is 1. The zero-order valence-corrected chi connectivity index (χ0v) is 20.7. The van der Waals surface area contributed by atoms with Crippen molar-refractivity contribution in [3.05, 3.63) is 74.8 Å². The highest BCUT2D eigenvalue weighted by atomic mass is 16.7. The van der Waals surface area contributed by atoms with Crippen LogP contribution in [0.4, 0.5) is 0 Å². The molecular formula is C27H30N6O3. The Morgan fingerprint density at radius 1 is 1.00 bits per heavy atom. The third-order valence-corrected chi connectivity index (χ3v) is 7.35. The van der Waals surface area contributed by atoms with Crippen LogP contribution >= 0.6 is 0 Å². The molecule has 9 heteroatoms. The first-order valence-electron chi connectivity index (χ1n) is 12.5. The molecule has 0 radical (unpaired) electrons. The number of benzene rings is 2. The maximum atomic E-state index is 13.2. The molecule has 186 valence electrons. The monoisotopic (exact) mass is 486 g/mol. The third kappa shape index (κ3) is 4.35. The van der Waals surface area contributed by atoms with Gasteiger partial charge < -0.3 is 14.5 Å². The van der Waals surface area contributed by atoms with E-state index in [2.05, 4.69) is 38.4 Å². The fraction of sp³-hybridized carbons (Fsp3) is 0.407. The van der Waals surface area contributed by atoms with Crippen LogP contribution in [0, 0.1) is 13.8 Å². The van der Waals surface area contributed by atoms with Crippen molar-refractivity contribution >= 4 is 10.9 Å². The molecule has 3 heterocycles. The van der Waals surface area contributed by atoms with Crippen LogP contribution < -0.4 is 15.0 Å². The second-order valence-corrected chi connectivity index (χ2v) is 9.92. The number of fused-ring (bicyclic) bond motifs is 2. The van der Waals surface area contributed by atoms with E-state index in [1.54, 1.807) is 0 Å². The van der Waals surface area contributed by atoms with E-state index >= 15 is 0 Å². The lowest BCUT2D eigenvalue weighted by Crippen LogP contribution is -2.28. The van der Waals surface area contributed by atoms with Crippen molar-refractivity contribution in [3.8, 4) is 11.5 Å². The molecule has 6 rings (SSSR count). The van der Waals surface area contributed by atoms with Gasteiger partial charge in [0.25, 0.3) is 5.56 Å². The summed E-state index contributed by atoms with van der Waals surface area (Å²) in [6.07, 6.45) is 4.61. The Morgan fingerprint density at radius 3 is 2.67 bits per heavy atom. The minimum atomic E-state index is -0.0673. The lowest BCUT2D eigenvalue weighted by Gasteiger charge is -2.23. The van der Waals surface area contributed by atoms with Gasteiger partial charge in [0.1, 0.15) is 0 Å². The van der Waals surface area contributed by atoms with Crippen molar-refractivity contribution in [2.45, 2.75) is 65.2 Å². The first-order valence-corrected chi connectivity index (χ1v) is 12.5. The Balaban J connectivity index is 1.34. The Bertz CT molecular complexity index is 1470. The van der Waals surface area contributed by atoms with Gasteiger partial charge in [-0.05, 0) is 72.0 Å². The molecule has 1 aliphatic carbocycles. The highest BCUT2D eigenvalue weighted by Crippen LogP contribution is 2.33. The molecule has 2 aliphatic rings. The zero-order valence-electron chi connectivity index (χ0n) is 20.7. The number of pyridine rings is 1. The average molecular weight is 487 g/mol. The van der Waals surface area contributed by atoms with Crippen LogP contribution in [0.2, 0.25) is 0 Å². The number of nitrogens with one attached hydrogen (secondary N) is 1. The van der Waals surface area contributed by atoms with Gasteiger partial charge in [-0.2, -0.15) is 0 Å². The van der Waals surface area contributed by atoms with E-state index in [4.69, 9.17) is 9.47 Å². The van der Waals surface area contributed by atoms with Crippen LogP contribution in [0.5, 0.6) is 11.5 Å². The maximum Gasteiger partial charge on any atom is 0.252 e. The molecule has 0 spiro atoms. The topological polar surface area (TPSA) is 98.2 Å². The number of aryl methyl sites for hydroxylation is 2. The maximum absolute atomic E-state index is 13.2. The normalized spacial score (nSPS) is 15.4. The van der Waals surface area contributed by atoms with Crippen LogP contribution in [0.15, 0.2) is 41.2 Å². The Kier molecular flexibility index (Phi) is 5.92. The second kappa shape index (κ2) is 9.39. The van der Waals surface area contributed by atoms with E-state index < -0.39 is 0 Å². The molecule has 2 aromatic heterocycles. The van der Waals surface area contributed by atoms with Gasteiger partial charge in [-0.15, -0.1) is 5.10 Å². The Morgan fingerprint density at radius 2 is 1.81 bits per heavy atom. The smallest absolute Gasteiger partial charge is 0.252 e. The molecule has 2 aromatic carbocycles. The fourth-order valence-electron chi connectivity index (χ4n) is 5.39. The quantitative estimate of drug-likeness (QED) is 0.418. The third-order valence-electron chi connectivity index (χ3n) is 7.35. The molecule has 0 atom stereocenters. The Hall–Kier alpha value is -3.72. The van der Waals surface area contributed by atoms with Crippen LogP contribution in [0.25, 0.3) is 10.9 Å². The zero-order chi connectivity index (χ0) is 24.6. The molecule has 0 bridgehead atoms. The van der Waals surface area contributed by atoms with E-state index in [-0.39, 0.29) is 12.4 Å². The average Bonchev–Trinajstić information content (AvgIpc) is 3.64. The van der Waals surface area contributed by atoms with Crippen LogP contribution in [-0.2, 0) is 19.6 Å². The fourth-order valence-corrected chi connectivity index (χ4v) is 5.39. The minimum Gasteiger partial charge on any atom is -0.454 e. The number of hydrogen-bond donors (Lipinski definition) is 1. The van der Waals surface area contributed by atoms with Crippen molar-refractivity contribution in [3.63, 3.8) is 0 Å². The SMILES string of the molecule is Cc1ccc(C)c2[nH]c(=O)c(CN(Cc3ccc4c(c3)OCO4)Cc3nnnn3C3CCCC3)cc12. The number of ether oxygens (including phenoxy) is 2. The van der Waals surface area contributed by atoms with Crippen molar-refractivity contribution < 1.29 is 9.47 Å². The number of rotatable bonds is 7. The summed E-state index contributed by atoms with van der Waals surface area (Å²) in [5.74, 6) is 2.33. The molecule has 36 heavy (non-hydrogen) atoms. The molecule has 1 N–H and O–H groups in total. The largest absolute Gasteiger partial charge is 0.454 e. The molecule has 0 saturated heterocycles. The molecule has 1 saturated carbocycles. The predicted molar refractivity (Wildman–Crippen MR) is 135 cm³/mol. The van der Waals surface area contributed by atoms with Crippen molar-refractivity contribution in [2.75, 3.05) is 6.79 Å². The second-order valence-electron chi connectivity index (χ2n) is 9.92. The van der Waals surface area contributed by atoms with Crippen molar-refractivity contribution in [1.29, 1.82) is 0 Å². The van der Waals surface area contributed by atoms with Gasteiger partial charge >= 0.3 is 0 Å². The van der Waals surface area contributed by atoms with Crippen LogP contribution in [-0.4, -0.2) is 36.9 Å². The number of hydrogen-bond acceptors (Lipinski definition) is 7. The van der Waals surface area contributed by atoms with Gasteiger partial charge in [-0.3, -0.25) is 9.69 Å². The summed E-state index contributed by atoms with van der Waals surface area (Å²) >= 11 is 0. The number of aromatic amines is 1. The van der Waals surface area contributed by atoms with E-state index in [9.17, 15) is 4.79 Å². The first-order chi connectivity index (χ1) is 17.5. The van der Waals surface area contributed by atoms with Crippen molar-refractivity contribution in [2.24, 2.45) is 0 Å². The molecule has 9 nitrogen and oxygen atoms in total. The number of nitrogens with zero attached hydrogens (tertiary/aromatic N) is 5. The summed E-state index contributed by atoms with van der Waals surface area (Å²) in [6, 6.07) is 12.5. The summed E-state index contributed by atoms with van der Waals surface area (Å²) < 4.78 is 13.1. The Labute approximate surface area is 209 Å². The minimum absolute atomic E-state index is 0.0673. The van der Waals surface area contributed by atoms with Gasteiger partial charge in [0, 0.05) is 24.0 Å². The van der Waals surface area contributed by atoms with E-state index in [1.807, 2.05) is 41.9 Å². The molecule has 0 unspecified atom stereocenters. The summed E-state index contributed by atoms with van der Waals surface area (Å²) in [4.78, 5) is 18.5. The summed E-state index contributed by atoms with van der Waals surface area (Å²) in [5.41, 5.74) is 4.83. The number of H-pyrrole nitrogens is 1. The first kappa shape index (κ1) is 22.7. The molecule has 1 fully saturated rings. The van der Waals surface area contributed by atoms with Gasteiger partial charge in [-0.1, -0.05) is 31.0 Å². The summed E-state index contributed by atoms with van der Waals surface area (Å²) in [7, 11) is 0. The van der Waals surface area contributed by atoms with E-state index in [1.165, 1.54) is 12.8 Å². The van der Waals surface area contributed by atoms with Gasteiger partial charge in [0.15, 0.2) is 17.3 Å². The molecular weight excluding hydrogens is 456 g/mol. The molecule has 1 aliphatic heterocycles. The highest BCUT2D eigenvalue weighted by Gasteiger charge is 2.24. The molecule has 0 amide bonds. The standard InChI is InChI=1S/C27H30N6O3/c1-17-7-8-18(2)26-22(17)12-20(27(34)28-26)14-32(13-19-9-10-23-24(11-19)36-16-35-23)15-25-29-30-31-33(25)21-5-3-4-6-21/h7-12,21H,3-6,13-16H2,1-2H3,(H,28,34). The van der Waals surface area contributed by atoms with Crippen molar-refractivity contribution in [1.82, 2.24) is 30.1 Å².